The third-order valence-electron chi connectivity index (χ3n) is 2.62. The predicted molar refractivity (Wildman–Crippen MR) is 73.5 cm³/mol. The van der Waals surface area contributed by atoms with Gasteiger partial charge in [0.25, 0.3) is 0 Å². The number of rotatable bonds is 5. The Morgan fingerprint density at radius 2 is 1.50 bits per heavy atom. The predicted octanol–water partition coefficient (Wildman–Crippen LogP) is 4.21. The molecule has 0 heterocycles. The molecule has 3 heteroatoms. The van der Waals surface area contributed by atoms with Crippen LogP contribution in [0.25, 0.3) is 0 Å². The van der Waals surface area contributed by atoms with Gasteiger partial charge in [-0.2, -0.15) is 0 Å². The van der Waals surface area contributed by atoms with Crippen LogP contribution in [0.4, 0.5) is 5.69 Å². The van der Waals surface area contributed by atoms with Crippen LogP contribution in [0.3, 0.4) is 0 Å². The van der Waals surface area contributed by atoms with Crippen LogP contribution in [0.2, 0.25) is 0 Å². The molecule has 2 rings (SSSR count). The first kappa shape index (κ1) is 12.3. The summed E-state index contributed by atoms with van der Waals surface area (Å²) in [5.41, 5.74) is 2.12. The van der Waals surface area contributed by atoms with Gasteiger partial charge in [-0.1, -0.05) is 53.8 Å². The molecule has 0 fully saturated rings. The summed E-state index contributed by atoms with van der Waals surface area (Å²) in [4.78, 5) is 0. The zero-order valence-electron chi connectivity index (χ0n) is 10.5. The van der Waals surface area contributed by atoms with Crippen molar-refractivity contribution in [2.75, 3.05) is 6.54 Å². The Morgan fingerprint density at radius 3 is 2.11 bits per heavy atom. The van der Waals surface area contributed by atoms with Gasteiger partial charge in [-0.25, -0.2) is 0 Å². The van der Waals surface area contributed by atoms with Crippen molar-refractivity contribution < 1.29 is 0 Å². The van der Waals surface area contributed by atoms with Gasteiger partial charge < -0.3 is 0 Å². The van der Waals surface area contributed by atoms with Gasteiger partial charge in [0, 0.05) is 6.54 Å². The Balaban J connectivity index is 2.00. The molecule has 0 saturated carbocycles. The van der Waals surface area contributed by atoms with Crippen molar-refractivity contribution in [3.63, 3.8) is 0 Å². The molecule has 2 aromatic rings. The third-order valence-corrected chi connectivity index (χ3v) is 2.62. The topological polar surface area (TPSA) is 28.0 Å². The fourth-order valence-corrected chi connectivity index (χ4v) is 1.61. The van der Waals surface area contributed by atoms with E-state index in [4.69, 9.17) is 0 Å². The summed E-state index contributed by atoms with van der Waals surface area (Å²) >= 11 is 0. The lowest BCUT2D eigenvalue weighted by Gasteiger charge is -2.14. The molecule has 0 aromatic heterocycles. The van der Waals surface area contributed by atoms with E-state index in [1.165, 1.54) is 5.56 Å². The van der Waals surface area contributed by atoms with Crippen LogP contribution in [0.5, 0.6) is 0 Å². The van der Waals surface area contributed by atoms with Gasteiger partial charge in [0.2, 0.25) is 0 Å². The van der Waals surface area contributed by atoms with E-state index in [1.807, 2.05) is 53.5 Å². The SMILES string of the molecule is CCN(Cc1ccccc1)N=Nc1ccccc1. The van der Waals surface area contributed by atoms with Gasteiger partial charge in [0.05, 0.1) is 12.2 Å². The molecule has 18 heavy (non-hydrogen) atoms. The second-order valence-corrected chi connectivity index (χ2v) is 3.99. The van der Waals surface area contributed by atoms with Crippen molar-refractivity contribution in [2.45, 2.75) is 13.5 Å². The largest absolute Gasteiger partial charge is 0.274 e. The summed E-state index contributed by atoms with van der Waals surface area (Å²) < 4.78 is 0. The minimum atomic E-state index is 0.785. The van der Waals surface area contributed by atoms with Crippen molar-refractivity contribution in [1.82, 2.24) is 5.01 Å². The molecule has 0 atom stereocenters. The number of nitrogens with zero attached hydrogens (tertiary/aromatic N) is 3. The fourth-order valence-electron chi connectivity index (χ4n) is 1.61. The summed E-state index contributed by atoms with van der Waals surface area (Å²) in [5.74, 6) is 0. The van der Waals surface area contributed by atoms with Crippen molar-refractivity contribution in [2.24, 2.45) is 10.3 Å². The van der Waals surface area contributed by atoms with Gasteiger partial charge in [-0.3, -0.25) is 5.01 Å². The molecular formula is C15H17N3. The van der Waals surface area contributed by atoms with E-state index >= 15 is 0 Å². The Hall–Kier alpha value is -2.16. The van der Waals surface area contributed by atoms with Gasteiger partial charge in [-0.15, -0.1) is 5.11 Å². The average molecular weight is 239 g/mol. The molecule has 0 saturated heterocycles. The minimum absolute atomic E-state index is 0.785. The Labute approximate surface area is 108 Å². The molecule has 3 nitrogen and oxygen atoms in total. The van der Waals surface area contributed by atoms with Crippen molar-refractivity contribution in [3.8, 4) is 0 Å². The summed E-state index contributed by atoms with van der Waals surface area (Å²) in [6, 6.07) is 20.1. The van der Waals surface area contributed by atoms with Crippen LogP contribution in [-0.4, -0.2) is 11.6 Å². The van der Waals surface area contributed by atoms with Crippen LogP contribution < -0.4 is 0 Å². The minimum Gasteiger partial charge on any atom is -0.274 e. The van der Waals surface area contributed by atoms with Crippen LogP contribution in [-0.2, 0) is 6.54 Å². The zero-order chi connectivity index (χ0) is 12.6. The van der Waals surface area contributed by atoms with Gasteiger partial charge in [0.1, 0.15) is 0 Å². The lowest BCUT2D eigenvalue weighted by atomic mass is 10.2. The molecule has 92 valence electrons. The molecule has 0 N–H and O–H groups in total. The molecule has 2 aromatic carbocycles. The molecule has 0 spiro atoms. The summed E-state index contributed by atoms with van der Waals surface area (Å²) in [6.07, 6.45) is 0. The van der Waals surface area contributed by atoms with E-state index < -0.39 is 0 Å². The highest BCUT2D eigenvalue weighted by Crippen LogP contribution is 2.12. The van der Waals surface area contributed by atoms with E-state index in [0.717, 1.165) is 18.8 Å². The molecule has 0 aliphatic heterocycles. The second kappa shape index (κ2) is 6.55. The first-order valence-electron chi connectivity index (χ1n) is 6.14. The summed E-state index contributed by atoms with van der Waals surface area (Å²) in [5, 5.41) is 10.4. The van der Waals surface area contributed by atoms with E-state index in [9.17, 15) is 0 Å². The quantitative estimate of drug-likeness (QED) is 0.567. The molecule has 0 aliphatic carbocycles. The maximum absolute atomic E-state index is 4.27. The monoisotopic (exact) mass is 239 g/mol. The van der Waals surface area contributed by atoms with Crippen molar-refractivity contribution in [3.05, 3.63) is 66.2 Å². The fraction of sp³-hybridized carbons (Fsp3) is 0.200. The molecule has 0 unspecified atom stereocenters. The van der Waals surface area contributed by atoms with Crippen molar-refractivity contribution >= 4 is 5.69 Å². The summed E-state index contributed by atoms with van der Waals surface area (Å²) in [6.45, 7) is 3.70. The number of hydrogen-bond acceptors (Lipinski definition) is 2. The Bertz CT molecular complexity index is 480. The first-order valence-corrected chi connectivity index (χ1v) is 6.14. The Kier molecular flexibility index (Phi) is 4.47. The van der Waals surface area contributed by atoms with Crippen LogP contribution in [0.1, 0.15) is 12.5 Å². The van der Waals surface area contributed by atoms with E-state index in [2.05, 4.69) is 29.4 Å². The van der Waals surface area contributed by atoms with Gasteiger partial charge in [0.15, 0.2) is 0 Å². The van der Waals surface area contributed by atoms with Gasteiger partial charge >= 0.3 is 0 Å². The lowest BCUT2D eigenvalue weighted by Crippen LogP contribution is -2.15. The smallest absolute Gasteiger partial charge is 0.0874 e. The molecule has 0 aliphatic rings. The third kappa shape index (κ3) is 3.70. The standard InChI is InChI=1S/C15H17N3/c1-2-18(13-14-9-5-3-6-10-14)17-16-15-11-7-4-8-12-15/h3-12H,2,13H2,1H3. The number of benzene rings is 2. The maximum atomic E-state index is 4.27. The average Bonchev–Trinajstić information content (AvgIpc) is 2.45. The highest BCUT2D eigenvalue weighted by Gasteiger charge is 1.99. The summed E-state index contributed by atoms with van der Waals surface area (Å²) in [7, 11) is 0. The van der Waals surface area contributed by atoms with Crippen LogP contribution in [0.15, 0.2) is 71.0 Å². The Morgan fingerprint density at radius 1 is 0.889 bits per heavy atom. The molecule has 0 bridgehead atoms. The maximum Gasteiger partial charge on any atom is 0.0874 e. The molecular weight excluding hydrogens is 222 g/mol. The van der Waals surface area contributed by atoms with E-state index in [-0.39, 0.29) is 0 Å². The normalized spacial score (nSPS) is 10.7. The van der Waals surface area contributed by atoms with Crippen molar-refractivity contribution in [1.29, 1.82) is 0 Å². The van der Waals surface area contributed by atoms with Crippen LogP contribution >= 0.6 is 0 Å². The van der Waals surface area contributed by atoms with E-state index in [1.54, 1.807) is 0 Å². The zero-order valence-corrected chi connectivity index (χ0v) is 10.5. The van der Waals surface area contributed by atoms with Gasteiger partial charge in [-0.05, 0) is 24.6 Å². The highest BCUT2D eigenvalue weighted by molar-refractivity contribution is 5.34. The molecule has 0 radical (unpaired) electrons. The number of hydrogen-bond donors (Lipinski definition) is 0. The van der Waals surface area contributed by atoms with E-state index in [0.29, 0.717) is 0 Å². The highest BCUT2D eigenvalue weighted by atomic mass is 15.5. The molecule has 0 amide bonds. The first-order chi connectivity index (χ1) is 8.88. The lowest BCUT2D eigenvalue weighted by molar-refractivity contribution is 0.276. The second-order valence-electron chi connectivity index (χ2n) is 3.99. The van der Waals surface area contributed by atoms with Crippen LogP contribution in [0, 0.1) is 0 Å².